The SMILES string of the molecule is c1ccc2cc3c(ccc4cccc(-c5ccc6c(c5)-c5cccc7cccc(c57)S6)c43)cc2c1. The van der Waals surface area contributed by atoms with Gasteiger partial charge in [-0.25, -0.2) is 0 Å². The van der Waals surface area contributed by atoms with Crippen molar-refractivity contribution < 1.29 is 0 Å². The van der Waals surface area contributed by atoms with E-state index in [9.17, 15) is 0 Å². The molecule has 0 atom stereocenters. The molecule has 0 radical (unpaired) electrons. The average Bonchev–Trinajstić information content (AvgIpc) is 2.92. The lowest BCUT2D eigenvalue weighted by Crippen LogP contribution is -1.93. The Hall–Kier alpha value is -4.07. The molecule has 0 aromatic heterocycles. The Balaban J connectivity index is 1.42. The Bertz CT molecular complexity index is 1970. The highest BCUT2D eigenvalue weighted by molar-refractivity contribution is 7.99. The molecule has 0 nitrogen and oxygen atoms in total. The second-order valence-corrected chi connectivity index (χ2v) is 10.4. The maximum absolute atomic E-state index is 2.40. The van der Waals surface area contributed by atoms with Gasteiger partial charge in [0.15, 0.2) is 0 Å². The van der Waals surface area contributed by atoms with Crippen LogP contribution in [0.2, 0.25) is 0 Å². The van der Waals surface area contributed by atoms with Crippen molar-refractivity contribution in [1.82, 2.24) is 0 Å². The molecule has 0 aliphatic carbocycles. The summed E-state index contributed by atoms with van der Waals surface area (Å²) in [6, 6.07) is 44.9. The van der Waals surface area contributed by atoms with Crippen LogP contribution in [0.4, 0.5) is 0 Å². The zero-order chi connectivity index (χ0) is 22.9. The van der Waals surface area contributed by atoms with Crippen molar-refractivity contribution >= 4 is 54.9 Å². The van der Waals surface area contributed by atoms with Crippen LogP contribution in [0.1, 0.15) is 0 Å². The van der Waals surface area contributed by atoms with Crippen LogP contribution in [0.3, 0.4) is 0 Å². The minimum atomic E-state index is 1.27. The highest BCUT2D eigenvalue weighted by Gasteiger charge is 2.20. The third-order valence-electron chi connectivity index (χ3n) is 7.39. The summed E-state index contributed by atoms with van der Waals surface area (Å²) in [6.45, 7) is 0. The normalized spacial score (nSPS) is 12.5. The van der Waals surface area contributed by atoms with Crippen LogP contribution in [0.5, 0.6) is 0 Å². The molecule has 162 valence electrons. The minimum Gasteiger partial charge on any atom is -0.0888 e. The van der Waals surface area contributed by atoms with Crippen LogP contribution in [0.25, 0.3) is 65.3 Å². The van der Waals surface area contributed by atoms with Gasteiger partial charge in [-0.05, 0) is 90.3 Å². The molecular weight excluding hydrogens is 440 g/mol. The smallest absolute Gasteiger partial charge is 0.0207 e. The van der Waals surface area contributed by atoms with Gasteiger partial charge in [0, 0.05) is 15.2 Å². The minimum absolute atomic E-state index is 1.27. The van der Waals surface area contributed by atoms with E-state index in [1.54, 1.807) is 0 Å². The highest BCUT2D eigenvalue weighted by atomic mass is 32.2. The molecule has 0 saturated carbocycles. The van der Waals surface area contributed by atoms with E-state index in [4.69, 9.17) is 0 Å². The summed E-state index contributed by atoms with van der Waals surface area (Å²) in [6.07, 6.45) is 0. The van der Waals surface area contributed by atoms with Crippen LogP contribution < -0.4 is 0 Å². The predicted octanol–water partition coefficient (Wildman–Crippen LogP) is 10.1. The van der Waals surface area contributed by atoms with E-state index in [0.717, 1.165) is 0 Å². The van der Waals surface area contributed by atoms with Crippen molar-refractivity contribution in [3.63, 3.8) is 0 Å². The van der Waals surface area contributed by atoms with Crippen molar-refractivity contribution in [1.29, 1.82) is 0 Å². The van der Waals surface area contributed by atoms with Gasteiger partial charge in [0.1, 0.15) is 0 Å². The number of hydrogen-bond acceptors (Lipinski definition) is 1. The number of benzene rings is 7. The average molecular weight is 461 g/mol. The van der Waals surface area contributed by atoms with Gasteiger partial charge in [-0.1, -0.05) is 103 Å². The molecule has 35 heavy (non-hydrogen) atoms. The molecular formula is C34H20S. The quantitative estimate of drug-likeness (QED) is 0.173. The summed E-state index contributed by atoms with van der Waals surface area (Å²) in [5.41, 5.74) is 5.23. The Morgan fingerprint density at radius 2 is 1.06 bits per heavy atom. The van der Waals surface area contributed by atoms with Crippen LogP contribution in [0.15, 0.2) is 131 Å². The molecule has 1 aliphatic rings. The molecule has 1 heteroatoms. The molecule has 1 heterocycles. The van der Waals surface area contributed by atoms with E-state index >= 15 is 0 Å². The van der Waals surface area contributed by atoms with Gasteiger partial charge in [0.05, 0.1) is 0 Å². The maximum atomic E-state index is 2.40. The summed E-state index contributed by atoms with van der Waals surface area (Å²) in [5, 5.41) is 10.5. The van der Waals surface area contributed by atoms with E-state index < -0.39 is 0 Å². The lowest BCUT2D eigenvalue weighted by molar-refractivity contribution is 1.40. The molecule has 0 spiro atoms. The lowest BCUT2D eigenvalue weighted by Gasteiger charge is -2.21. The Kier molecular flexibility index (Phi) is 3.97. The number of rotatable bonds is 1. The maximum Gasteiger partial charge on any atom is 0.0207 e. The van der Waals surface area contributed by atoms with Gasteiger partial charge in [0.25, 0.3) is 0 Å². The number of hydrogen-bond donors (Lipinski definition) is 0. The van der Waals surface area contributed by atoms with Crippen LogP contribution in [-0.4, -0.2) is 0 Å². The zero-order valence-corrected chi connectivity index (χ0v) is 19.8. The fourth-order valence-corrected chi connectivity index (χ4v) is 6.90. The fourth-order valence-electron chi connectivity index (χ4n) is 5.77. The summed E-state index contributed by atoms with van der Waals surface area (Å²) < 4.78 is 0. The monoisotopic (exact) mass is 460 g/mol. The molecule has 7 aromatic carbocycles. The van der Waals surface area contributed by atoms with Gasteiger partial charge in [-0.15, -0.1) is 0 Å². The van der Waals surface area contributed by atoms with Crippen LogP contribution in [0, 0.1) is 0 Å². The second kappa shape index (κ2) is 7.21. The standard InChI is InChI=1S/C34H20S/c1-2-7-24-19-29-25(18-23(24)6-1)15-14-22-9-3-11-27(33(22)29)26-16-17-31-30(20-26)28-12-4-8-21-10-5-13-32(35-31)34(21)28/h1-20H. The molecule has 0 fully saturated rings. The molecule has 0 bridgehead atoms. The van der Waals surface area contributed by atoms with Gasteiger partial charge < -0.3 is 0 Å². The third-order valence-corrected chi connectivity index (χ3v) is 8.53. The summed E-state index contributed by atoms with van der Waals surface area (Å²) in [4.78, 5) is 2.68. The largest absolute Gasteiger partial charge is 0.0888 e. The first-order valence-electron chi connectivity index (χ1n) is 12.0. The second-order valence-electron chi connectivity index (χ2n) is 9.36. The highest BCUT2D eigenvalue weighted by Crippen LogP contribution is 2.49. The van der Waals surface area contributed by atoms with Gasteiger partial charge >= 0.3 is 0 Å². The summed E-state index contributed by atoms with van der Waals surface area (Å²) in [7, 11) is 0. The Labute approximate surface area is 207 Å². The molecule has 0 saturated heterocycles. The van der Waals surface area contributed by atoms with E-state index in [0.29, 0.717) is 0 Å². The predicted molar refractivity (Wildman–Crippen MR) is 151 cm³/mol. The Morgan fingerprint density at radius 1 is 0.371 bits per heavy atom. The first-order valence-corrected chi connectivity index (χ1v) is 12.8. The summed E-state index contributed by atoms with van der Waals surface area (Å²) in [5.74, 6) is 0. The Morgan fingerprint density at radius 3 is 1.91 bits per heavy atom. The number of fused-ring (bicyclic) bond motifs is 6. The first kappa shape index (κ1) is 19.3. The summed E-state index contributed by atoms with van der Waals surface area (Å²) >= 11 is 1.89. The van der Waals surface area contributed by atoms with Gasteiger partial charge in [0.2, 0.25) is 0 Å². The topological polar surface area (TPSA) is 0 Å². The van der Waals surface area contributed by atoms with Crippen molar-refractivity contribution in [3.05, 3.63) is 121 Å². The molecule has 7 aromatic rings. The van der Waals surface area contributed by atoms with Crippen molar-refractivity contribution in [2.75, 3.05) is 0 Å². The van der Waals surface area contributed by atoms with E-state index in [1.165, 1.54) is 75.1 Å². The lowest BCUT2D eigenvalue weighted by atomic mass is 9.90. The van der Waals surface area contributed by atoms with Crippen LogP contribution in [-0.2, 0) is 0 Å². The van der Waals surface area contributed by atoms with Gasteiger partial charge in [-0.2, -0.15) is 0 Å². The van der Waals surface area contributed by atoms with E-state index in [1.807, 2.05) is 11.8 Å². The molecule has 0 unspecified atom stereocenters. The van der Waals surface area contributed by atoms with E-state index in [-0.39, 0.29) is 0 Å². The zero-order valence-electron chi connectivity index (χ0n) is 19.0. The van der Waals surface area contributed by atoms with Gasteiger partial charge in [-0.3, -0.25) is 0 Å². The fraction of sp³-hybridized carbons (Fsp3) is 0. The molecule has 1 aliphatic heterocycles. The van der Waals surface area contributed by atoms with Crippen LogP contribution >= 0.6 is 11.8 Å². The molecule has 8 rings (SSSR count). The molecule has 0 N–H and O–H groups in total. The van der Waals surface area contributed by atoms with Crippen molar-refractivity contribution in [2.24, 2.45) is 0 Å². The van der Waals surface area contributed by atoms with Crippen molar-refractivity contribution in [3.8, 4) is 22.3 Å². The van der Waals surface area contributed by atoms with Crippen molar-refractivity contribution in [2.45, 2.75) is 9.79 Å². The third kappa shape index (κ3) is 2.82. The first-order chi connectivity index (χ1) is 17.3. The molecule has 0 amide bonds. The van der Waals surface area contributed by atoms with E-state index in [2.05, 4.69) is 121 Å².